The molecule has 0 saturated carbocycles. The molecule has 0 aliphatic carbocycles. The van der Waals surface area contributed by atoms with Crippen molar-refractivity contribution in [1.82, 2.24) is 9.97 Å². The molecule has 0 spiro atoms. The van der Waals surface area contributed by atoms with E-state index in [9.17, 15) is 0 Å². The van der Waals surface area contributed by atoms with Crippen molar-refractivity contribution in [2.75, 3.05) is 0 Å². The van der Waals surface area contributed by atoms with Gasteiger partial charge in [-0.15, -0.1) is 0 Å². The minimum absolute atomic E-state index is 0.252. The summed E-state index contributed by atoms with van der Waals surface area (Å²) in [5, 5.41) is 0. The lowest BCUT2D eigenvalue weighted by Crippen LogP contribution is -2.10. The van der Waals surface area contributed by atoms with Crippen LogP contribution in [-0.4, -0.2) is 16.1 Å². The molecule has 29 heavy (non-hydrogen) atoms. The van der Waals surface area contributed by atoms with Crippen molar-refractivity contribution in [3.8, 4) is 17.1 Å². The van der Waals surface area contributed by atoms with Gasteiger partial charge in [-0.1, -0.05) is 71.6 Å². The van der Waals surface area contributed by atoms with E-state index in [4.69, 9.17) is 4.74 Å². The fraction of sp³-hybridized carbons (Fsp3) is 0.615. The van der Waals surface area contributed by atoms with Crippen LogP contribution in [0.4, 0.5) is 0 Å². The first kappa shape index (κ1) is 23.4. The Labute approximate surface area is 178 Å². The Morgan fingerprint density at radius 3 is 1.93 bits per heavy atom. The third-order valence-corrected chi connectivity index (χ3v) is 5.42. The van der Waals surface area contributed by atoms with Crippen LogP contribution in [0.3, 0.4) is 0 Å². The molecule has 0 radical (unpaired) electrons. The average molecular weight is 397 g/mol. The zero-order valence-corrected chi connectivity index (χ0v) is 18.8. The molecule has 3 heteroatoms. The molecule has 2 rings (SSSR count). The van der Waals surface area contributed by atoms with Crippen molar-refractivity contribution >= 4 is 0 Å². The van der Waals surface area contributed by atoms with Gasteiger partial charge < -0.3 is 4.74 Å². The Morgan fingerprint density at radius 1 is 0.759 bits per heavy atom. The topological polar surface area (TPSA) is 35.0 Å². The Balaban J connectivity index is 1.69. The van der Waals surface area contributed by atoms with Crippen LogP contribution in [0.1, 0.15) is 97.0 Å². The molecule has 3 nitrogen and oxygen atoms in total. The summed E-state index contributed by atoms with van der Waals surface area (Å²) in [5.74, 6) is 1.70. The van der Waals surface area contributed by atoms with Gasteiger partial charge in [0.1, 0.15) is 5.75 Å². The van der Waals surface area contributed by atoms with Crippen LogP contribution in [0, 0.1) is 0 Å². The number of ether oxygens (including phenoxy) is 1. The largest absolute Gasteiger partial charge is 0.491 e. The van der Waals surface area contributed by atoms with E-state index in [1.54, 1.807) is 0 Å². The molecular formula is C26H40N2O. The summed E-state index contributed by atoms with van der Waals surface area (Å²) < 4.78 is 5.92. The molecule has 0 amide bonds. The number of aromatic nitrogens is 2. The lowest BCUT2D eigenvalue weighted by Gasteiger charge is -2.13. The molecule has 160 valence electrons. The molecule has 0 bridgehead atoms. The number of rotatable bonds is 15. The van der Waals surface area contributed by atoms with Crippen molar-refractivity contribution in [2.45, 2.75) is 104 Å². The molecule has 2 aromatic rings. The summed E-state index contributed by atoms with van der Waals surface area (Å²) in [6.07, 6.45) is 19.8. The Kier molecular flexibility index (Phi) is 11.4. The summed E-state index contributed by atoms with van der Waals surface area (Å²) in [6, 6.07) is 8.12. The van der Waals surface area contributed by atoms with Gasteiger partial charge in [0.2, 0.25) is 0 Å². The molecular weight excluding hydrogens is 356 g/mol. The minimum atomic E-state index is 0.252. The van der Waals surface area contributed by atoms with Crippen LogP contribution >= 0.6 is 0 Å². The lowest BCUT2D eigenvalue weighted by atomic mass is 10.1. The van der Waals surface area contributed by atoms with Gasteiger partial charge >= 0.3 is 0 Å². The van der Waals surface area contributed by atoms with Crippen LogP contribution in [-0.2, 0) is 6.42 Å². The Morgan fingerprint density at radius 2 is 1.34 bits per heavy atom. The second-order valence-corrected chi connectivity index (χ2v) is 8.23. The Bertz CT molecular complexity index is 651. The smallest absolute Gasteiger partial charge is 0.159 e. The van der Waals surface area contributed by atoms with E-state index < -0.39 is 0 Å². The standard InChI is InChI=1S/C26H40N2O/c1-4-6-7-8-9-10-11-12-13-15-23-20-27-26(28-21-23)24-16-18-25(19-17-24)29-22(3)14-5-2/h16-22H,4-15H2,1-3H3/t22-/m0/s1. The average Bonchev–Trinajstić information content (AvgIpc) is 2.74. The summed E-state index contributed by atoms with van der Waals surface area (Å²) in [6.45, 7) is 6.57. The molecule has 1 aromatic carbocycles. The second-order valence-electron chi connectivity index (χ2n) is 8.23. The van der Waals surface area contributed by atoms with Crippen LogP contribution in [0.25, 0.3) is 11.4 Å². The third kappa shape index (κ3) is 9.43. The minimum Gasteiger partial charge on any atom is -0.491 e. The highest BCUT2D eigenvalue weighted by atomic mass is 16.5. The summed E-state index contributed by atoms with van der Waals surface area (Å²) in [5.41, 5.74) is 2.28. The summed E-state index contributed by atoms with van der Waals surface area (Å²) in [7, 11) is 0. The number of unbranched alkanes of at least 4 members (excludes halogenated alkanes) is 8. The van der Waals surface area contributed by atoms with Gasteiger partial charge in [-0.25, -0.2) is 9.97 Å². The monoisotopic (exact) mass is 396 g/mol. The van der Waals surface area contributed by atoms with Crippen LogP contribution in [0.15, 0.2) is 36.7 Å². The van der Waals surface area contributed by atoms with E-state index in [1.165, 1.54) is 63.4 Å². The van der Waals surface area contributed by atoms with E-state index in [-0.39, 0.29) is 6.10 Å². The van der Waals surface area contributed by atoms with Gasteiger partial charge in [0, 0.05) is 18.0 Å². The van der Waals surface area contributed by atoms with Crippen LogP contribution < -0.4 is 4.74 Å². The highest BCUT2D eigenvalue weighted by molar-refractivity contribution is 5.55. The predicted octanol–water partition coefficient (Wildman–Crippen LogP) is 7.78. The fourth-order valence-corrected chi connectivity index (χ4v) is 3.65. The van der Waals surface area contributed by atoms with Crippen molar-refractivity contribution in [3.63, 3.8) is 0 Å². The molecule has 0 aliphatic rings. The first-order chi connectivity index (χ1) is 14.2. The normalized spacial score (nSPS) is 12.1. The van der Waals surface area contributed by atoms with E-state index in [2.05, 4.69) is 30.7 Å². The maximum atomic E-state index is 5.92. The molecule has 0 N–H and O–H groups in total. The highest BCUT2D eigenvalue weighted by Crippen LogP contribution is 2.21. The van der Waals surface area contributed by atoms with Gasteiger partial charge in [-0.2, -0.15) is 0 Å². The van der Waals surface area contributed by atoms with Crippen LogP contribution in [0.5, 0.6) is 5.75 Å². The second kappa shape index (κ2) is 14.1. The predicted molar refractivity (Wildman–Crippen MR) is 123 cm³/mol. The van der Waals surface area contributed by atoms with Gasteiger partial charge in [0.25, 0.3) is 0 Å². The maximum absolute atomic E-state index is 5.92. The number of aryl methyl sites for hydroxylation is 1. The molecule has 1 aromatic heterocycles. The van der Waals surface area contributed by atoms with Crippen LogP contribution in [0.2, 0.25) is 0 Å². The molecule has 1 heterocycles. The van der Waals surface area contributed by atoms with E-state index in [1.807, 2.05) is 36.7 Å². The van der Waals surface area contributed by atoms with Gasteiger partial charge in [-0.05, 0) is 56.0 Å². The van der Waals surface area contributed by atoms with Crippen molar-refractivity contribution < 1.29 is 4.74 Å². The molecule has 0 unspecified atom stereocenters. The van der Waals surface area contributed by atoms with E-state index in [0.29, 0.717) is 0 Å². The first-order valence-corrected chi connectivity index (χ1v) is 11.8. The van der Waals surface area contributed by atoms with E-state index in [0.717, 1.165) is 36.4 Å². The van der Waals surface area contributed by atoms with Crippen molar-refractivity contribution in [2.24, 2.45) is 0 Å². The lowest BCUT2D eigenvalue weighted by molar-refractivity contribution is 0.210. The Hall–Kier alpha value is -1.90. The van der Waals surface area contributed by atoms with Crippen molar-refractivity contribution in [1.29, 1.82) is 0 Å². The third-order valence-electron chi connectivity index (χ3n) is 5.42. The molecule has 0 aliphatic heterocycles. The summed E-state index contributed by atoms with van der Waals surface area (Å²) in [4.78, 5) is 9.15. The van der Waals surface area contributed by atoms with Gasteiger partial charge in [-0.3, -0.25) is 0 Å². The van der Waals surface area contributed by atoms with E-state index >= 15 is 0 Å². The summed E-state index contributed by atoms with van der Waals surface area (Å²) >= 11 is 0. The number of nitrogens with zero attached hydrogens (tertiary/aromatic N) is 2. The molecule has 1 atom stereocenters. The zero-order valence-electron chi connectivity index (χ0n) is 18.8. The highest BCUT2D eigenvalue weighted by Gasteiger charge is 2.05. The SMILES string of the molecule is CCCCCCCCCCCc1cnc(-c2ccc(O[C@@H](C)CCC)cc2)nc1. The number of hydrogen-bond donors (Lipinski definition) is 0. The molecule has 0 saturated heterocycles. The quantitative estimate of drug-likeness (QED) is 0.288. The van der Waals surface area contributed by atoms with Gasteiger partial charge in [0.05, 0.1) is 6.10 Å². The molecule has 0 fully saturated rings. The number of benzene rings is 1. The maximum Gasteiger partial charge on any atom is 0.159 e. The zero-order chi connectivity index (χ0) is 20.7. The fourth-order valence-electron chi connectivity index (χ4n) is 3.65. The first-order valence-electron chi connectivity index (χ1n) is 11.8. The number of hydrogen-bond acceptors (Lipinski definition) is 3. The van der Waals surface area contributed by atoms with Crippen molar-refractivity contribution in [3.05, 3.63) is 42.2 Å². The van der Waals surface area contributed by atoms with Gasteiger partial charge in [0.15, 0.2) is 5.82 Å².